The number of amides is 3. The lowest BCUT2D eigenvalue weighted by Gasteiger charge is -2.42. The molecule has 2 aromatic rings. The first-order valence-electron chi connectivity index (χ1n) is 13.3. The quantitative estimate of drug-likeness (QED) is 0.628. The van der Waals surface area contributed by atoms with Gasteiger partial charge in [0.15, 0.2) is 0 Å². The third kappa shape index (κ3) is 6.98. The van der Waals surface area contributed by atoms with Gasteiger partial charge in [-0.25, -0.2) is 0 Å². The number of carbonyl (C=O) groups is 3. The van der Waals surface area contributed by atoms with Gasteiger partial charge < -0.3 is 20.9 Å². The average molecular weight is 507 g/mol. The minimum absolute atomic E-state index is 0.0550. The molecule has 37 heavy (non-hydrogen) atoms. The van der Waals surface area contributed by atoms with E-state index in [0.717, 1.165) is 18.4 Å². The summed E-state index contributed by atoms with van der Waals surface area (Å²) >= 11 is 0. The number of nitrogens with two attached hydrogens (primary N) is 1. The lowest BCUT2D eigenvalue weighted by atomic mass is 9.69. The standard InChI is InChI=1S/C21H30N4O3.C9H12/c1-20(2,22)18(27)23-12-17(26)25-11-7-10-21(14-25)16(13-24(3)19(21)28)15-8-5-4-6-9-15;1-2-6-9-7-4-3-5-8-9/h4-6,8-9,16H,7,10-14,22H2,1-3H3,(H,23,27);3-5,7-8H,2,6H2,1H3. The molecule has 4 rings (SSSR count). The normalized spacial score (nSPS) is 21.4. The Morgan fingerprint density at radius 2 is 1.70 bits per heavy atom. The largest absolute Gasteiger partial charge is 0.345 e. The fraction of sp³-hybridized carbons (Fsp3) is 0.500. The van der Waals surface area contributed by atoms with E-state index in [9.17, 15) is 14.4 Å². The molecule has 2 aliphatic rings. The zero-order chi connectivity index (χ0) is 27.1. The van der Waals surface area contributed by atoms with Crippen molar-refractivity contribution in [3.05, 3.63) is 71.8 Å². The lowest BCUT2D eigenvalue weighted by molar-refractivity contribution is -0.143. The summed E-state index contributed by atoms with van der Waals surface area (Å²) in [7, 11) is 1.83. The van der Waals surface area contributed by atoms with Crippen molar-refractivity contribution in [1.29, 1.82) is 0 Å². The molecule has 3 amide bonds. The van der Waals surface area contributed by atoms with Crippen molar-refractivity contribution < 1.29 is 14.4 Å². The van der Waals surface area contributed by atoms with E-state index in [-0.39, 0.29) is 30.2 Å². The summed E-state index contributed by atoms with van der Waals surface area (Å²) in [6, 6.07) is 20.6. The second-order valence-electron chi connectivity index (χ2n) is 10.9. The number of aryl methyl sites for hydroxylation is 1. The molecule has 2 aliphatic heterocycles. The zero-order valence-corrected chi connectivity index (χ0v) is 22.7. The molecule has 2 saturated heterocycles. The number of hydrogen-bond acceptors (Lipinski definition) is 4. The Bertz CT molecular complexity index is 1050. The van der Waals surface area contributed by atoms with Crippen LogP contribution in [0.25, 0.3) is 0 Å². The fourth-order valence-corrected chi connectivity index (χ4v) is 5.36. The number of carbonyl (C=O) groups excluding carboxylic acids is 3. The molecule has 3 N–H and O–H groups in total. The first-order chi connectivity index (χ1) is 17.6. The first-order valence-corrected chi connectivity index (χ1v) is 13.3. The maximum Gasteiger partial charge on any atom is 0.241 e. The topological polar surface area (TPSA) is 95.7 Å². The molecule has 0 radical (unpaired) electrons. The smallest absolute Gasteiger partial charge is 0.241 e. The third-order valence-electron chi connectivity index (χ3n) is 7.34. The predicted molar refractivity (Wildman–Crippen MR) is 147 cm³/mol. The highest BCUT2D eigenvalue weighted by Gasteiger charge is 2.55. The molecule has 2 aromatic carbocycles. The van der Waals surface area contributed by atoms with Crippen LogP contribution in [0, 0.1) is 5.41 Å². The van der Waals surface area contributed by atoms with Crippen molar-refractivity contribution in [3.8, 4) is 0 Å². The van der Waals surface area contributed by atoms with Gasteiger partial charge in [-0.3, -0.25) is 14.4 Å². The van der Waals surface area contributed by atoms with Gasteiger partial charge in [0, 0.05) is 32.6 Å². The molecule has 2 atom stereocenters. The predicted octanol–water partition coefficient (Wildman–Crippen LogP) is 3.34. The minimum atomic E-state index is -1.04. The van der Waals surface area contributed by atoms with Crippen LogP contribution in [0.2, 0.25) is 0 Å². The minimum Gasteiger partial charge on any atom is -0.345 e. The van der Waals surface area contributed by atoms with Crippen molar-refractivity contribution >= 4 is 17.7 Å². The SMILES string of the molecule is CCCc1ccccc1.CN1CC(c2ccccc2)C2(CCCN(C(=O)CNC(=O)C(C)(C)N)C2)C1=O. The van der Waals surface area contributed by atoms with Crippen LogP contribution in [-0.2, 0) is 20.8 Å². The number of piperidine rings is 1. The van der Waals surface area contributed by atoms with Gasteiger partial charge >= 0.3 is 0 Å². The number of nitrogens with one attached hydrogen (secondary N) is 1. The van der Waals surface area contributed by atoms with Crippen LogP contribution in [0.15, 0.2) is 60.7 Å². The number of nitrogens with zero attached hydrogens (tertiary/aromatic N) is 2. The Kier molecular flexibility index (Phi) is 9.49. The maximum atomic E-state index is 13.1. The Morgan fingerprint density at radius 3 is 2.30 bits per heavy atom. The van der Waals surface area contributed by atoms with Gasteiger partial charge in [-0.2, -0.15) is 0 Å². The van der Waals surface area contributed by atoms with Crippen LogP contribution in [0.1, 0.15) is 57.1 Å². The van der Waals surface area contributed by atoms with Gasteiger partial charge in [0.25, 0.3) is 0 Å². The molecule has 2 heterocycles. The van der Waals surface area contributed by atoms with Crippen LogP contribution in [0.4, 0.5) is 0 Å². The van der Waals surface area contributed by atoms with Gasteiger partial charge in [0.05, 0.1) is 17.5 Å². The molecule has 2 unspecified atom stereocenters. The molecule has 1 spiro atoms. The monoisotopic (exact) mass is 506 g/mol. The molecular weight excluding hydrogens is 464 g/mol. The van der Waals surface area contributed by atoms with Gasteiger partial charge in [0.2, 0.25) is 17.7 Å². The highest BCUT2D eigenvalue weighted by atomic mass is 16.2. The lowest BCUT2D eigenvalue weighted by Crippen LogP contribution is -2.55. The van der Waals surface area contributed by atoms with Crippen LogP contribution in [0.3, 0.4) is 0 Å². The van der Waals surface area contributed by atoms with Crippen LogP contribution < -0.4 is 11.1 Å². The Labute approximate surface area is 221 Å². The fourth-order valence-electron chi connectivity index (χ4n) is 5.36. The van der Waals surface area contributed by atoms with Gasteiger partial charge in [-0.1, -0.05) is 74.0 Å². The molecule has 0 bridgehead atoms. The summed E-state index contributed by atoms with van der Waals surface area (Å²) < 4.78 is 0. The van der Waals surface area contributed by atoms with E-state index in [4.69, 9.17) is 5.73 Å². The molecular formula is C30H42N4O3. The van der Waals surface area contributed by atoms with E-state index < -0.39 is 11.0 Å². The van der Waals surface area contributed by atoms with E-state index in [1.807, 2.05) is 25.2 Å². The number of rotatable bonds is 6. The van der Waals surface area contributed by atoms with Gasteiger partial charge in [-0.05, 0) is 44.2 Å². The van der Waals surface area contributed by atoms with Crippen LogP contribution in [-0.4, -0.2) is 66.3 Å². The molecule has 200 valence electrons. The highest BCUT2D eigenvalue weighted by Crippen LogP contribution is 2.49. The van der Waals surface area contributed by atoms with E-state index >= 15 is 0 Å². The summed E-state index contributed by atoms with van der Waals surface area (Å²) in [5.74, 6) is -0.386. The number of likely N-dealkylation sites (tertiary alicyclic amines) is 2. The molecule has 2 fully saturated rings. The second-order valence-corrected chi connectivity index (χ2v) is 10.9. The van der Waals surface area contributed by atoms with E-state index in [0.29, 0.717) is 19.6 Å². The van der Waals surface area contributed by atoms with Crippen LogP contribution >= 0.6 is 0 Å². The van der Waals surface area contributed by atoms with Gasteiger partial charge in [-0.15, -0.1) is 0 Å². The summed E-state index contributed by atoms with van der Waals surface area (Å²) in [5, 5.41) is 2.61. The van der Waals surface area contributed by atoms with Crippen molar-refractivity contribution in [1.82, 2.24) is 15.1 Å². The summed E-state index contributed by atoms with van der Waals surface area (Å²) in [4.78, 5) is 41.4. The Morgan fingerprint density at radius 1 is 1.08 bits per heavy atom. The van der Waals surface area contributed by atoms with E-state index in [2.05, 4.69) is 54.7 Å². The Hall–Kier alpha value is -3.19. The van der Waals surface area contributed by atoms with Crippen molar-refractivity contribution in [3.63, 3.8) is 0 Å². The molecule has 7 nitrogen and oxygen atoms in total. The van der Waals surface area contributed by atoms with E-state index in [1.54, 1.807) is 23.6 Å². The van der Waals surface area contributed by atoms with Gasteiger partial charge in [0.1, 0.15) is 0 Å². The summed E-state index contributed by atoms with van der Waals surface area (Å²) in [5.41, 5.74) is 6.71. The molecule has 0 saturated carbocycles. The summed E-state index contributed by atoms with van der Waals surface area (Å²) in [6.07, 6.45) is 3.98. The highest BCUT2D eigenvalue weighted by molar-refractivity contribution is 5.91. The second kappa shape index (κ2) is 12.4. The first kappa shape index (κ1) is 28.4. The number of benzene rings is 2. The van der Waals surface area contributed by atoms with E-state index in [1.165, 1.54) is 18.4 Å². The van der Waals surface area contributed by atoms with Crippen molar-refractivity contribution in [2.24, 2.45) is 11.1 Å². The van der Waals surface area contributed by atoms with Crippen molar-refractivity contribution in [2.45, 2.75) is 57.9 Å². The third-order valence-corrected chi connectivity index (χ3v) is 7.34. The number of hydrogen-bond donors (Lipinski definition) is 2. The summed E-state index contributed by atoms with van der Waals surface area (Å²) in [6.45, 7) is 6.93. The average Bonchev–Trinajstić information content (AvgIpc) is 3.13. The van der Waals surface area contributed by atoms with Crippen LogP contribution in [0.5, 0.6) is 0 Å². The van der Waals surface area contributed by atoms with Crippen molar-refractivity contribution in [2.75, 3.05) is 33.2 Å². The maximum absolute atomic E-state index is 13.1. The Balaban J connectivity index is 0.000000356. The molecule has 0 aromatic heterocycles. The molecule has 7 heteroatoms. The zero-order valence-electron chi connectivity index (χ0n) is 22.7. The molecule has 0 aliphatic carbocycles. The number of likely N-dealkylation sites (N-methyl/N-ethyl adjacent to an activating group) is 1.